The molecule has 18 heavy (non-hydrogen) atoms. The SMILES string of the molecule is CC1(C)CCC(CN)(N2CCSC(C)(C)CC2)C1. The summed E-state index contributed by atoms with van der Waals surface area (Å²) in [6.07, 6.45) is 5.19. The summed E-state index contributed by atoms with van der Waals surface area (Å²) in [5, 5.41) is 0. The van der Waals surface area contributed by atoms with E-state index in [4.69, 9.17) is 5.73 Å². The van der Waals surface area contributed by atoms with Gasteiger partial charge in [-0.1, -0.05) is 27.7 Å². The second-order valence-electron chi connectivity index (χ2n) is 7.61. The maximum absolute atomic E-state index is 6.19. The van der Waals surface area contributed by atoms with Crippen molar-refractivity contribution in [2.75, 3.05) is 25.4 Å². The normalized spacial score (nSPS) is 36.5. The third-order valence-corrected chi connectivity index (χ3v) is 6.34. The Morgan fingerprint density at radius 3 is 2.33 bits per heavy atom. The molecule has 0 aromatic carbocycles. The number of nitrogens with two attached hydrogens (primary N) is 1. The zero-order valence-electron chi connectivity index (χ0n) is 12.6. The van der Waals surface area contributed by atoms with Gasteiger partial charge in [0.2, 0.25) is 0 Å². The van der Waals surface area contributed by atoms with Crippen LogP contribution in [0.25, 0.3) is 0 Å². The van der Waals surface area contributed by atoms with Gasteiger partial charge in [-0.2, -0.15) is 11.8 Å². The first-order chi connectivity index (χ1) is 8.29. The minimum absolute atomic E-state index is 0.296. The average molecular weight is 270 g/mol. The average Bonchev–Trinajstić information content (AvgIpc) is 2.48. The Morgan fingerprint density at radius 1 is 1.06 bits per heavy atom. The molecule has 2 rings (SSSR count). The van der Waals surface area contributed by atoms with Gasteiger partial charge >= 0.3 is 0 Å². The van der Waals surface area contributed by atoms with Gasteiger partial charge in [0.15, 0.2) is 0 Å². The second kappa shape index (κ2) is 4.99. The van der Waals surface area contributed by atoms with Crippen LogP contribution in [0, 0.1) is 5.41 Å². The summed E-state index contributed by atoms with van der Waals surface area (Å²) in [6.45, 7) is 12.9. The van der Waals surface area contributed by atoms with E-state index in [0.29, 0.717) is 15.7 Å². The lowest BCUT2D eigenvalue weighted by Gasteiger charge is -2.41. The van der Waals surface area contributed by atoms with Crippen molar-refractivity contribution in [1.82, 2.24) is 4.90 Å². The molecule has 1 aliphatic heterocycles. The Balaban J connectivity index is 2.09. The number of nitrogens with zero attached hydrogens (tertiary/aromatic N) is 1. The first-order valence-electron chi connectivity index (χ1n) is 7.38. The molecule has 0 radical (unpaired) electrons. The van der Waals surface area contributed by atoms with E-state index in [1.807, 2.05) is 0 Å². The summed E-state index contributed by atoms with van der Waals surface area (Å²) in [5.41, 5.74) is 6.97. The van der Waals surface area contributed by atoms with Gasteiger partial charge in [0.05, 0.1) is 0 Å². The van der Waals surface area contributed by atoms with E-state index in [9.17, 15) is 0 Å². The maximum Gasteiger partial charge on any atom is 0.0337 e. The van der Waals surface area contributed by atoms with Crippen molar-refractivity contribution in [3.8, 4) is 0 Å². The van der Waals surface area contributed by atoms with Gasteiger partial charge in [0.1, 0.15) is 0 Å². The molecule has 3 heteroatoms. The number of hydrogen-bond donors (Lipinski definition) is 1. The molecule has 2 aliphatic rings. The number of thioether (sulfide) groups is 1. The van der Waals surface area contributed by atoms with E-state index >= 15 is 0 Å². The predicted octanol–water partition coefficient (Wildman–Crippen LogP) is 3.11. The lowest BCUT2D eigenvalue weighted by atomic mass is 9.86. The van der Waals surface area contributed by atoms with Crippen LogP contribution in [0.2, 0.25) is 0 Å². The van der Waals surface area contributed by atoms with Crippen molar-refractivity contribution in [3.63, 3.8) is 0 Å². The number of rotatable bonds is 2. The van der Waals surface area contributed by atoms with Crippen LogP contribution in [0.1, 0.15) is 53.4 Å². The van der Waals surface area contributed by atoms with Crippen LogP contribution in [-0.4, -0.2) is 40.6 Å². The first-order valence-corrected chi connectivity index (χ1v) is 8.36. The fraction of sp³-hybridized carbons (Fsp3) is 1.00. The van der Waals surface area contributed by atoms with E-state index in [-0.39, 0.29) is 0 Å². The van der Waals surface area contributed by atoms with Crippen molar-refractivity contribution in [2.24, 2.45) is 11.1 Å². The summed E-state index contributed by atoms with van der Waals surface area (Å²) in [7, 11) is 0. The van der Waals surface area contributed by atoms with Crippen LogP contribution in [0.15, 0.2) is 0 Å². The van der Waals surface area contributed by atoms with Crippen LogP contribution in [0.3, 0.4) is 0 Å². The standard InChI is InChI=1S/C15H30N2S/c1-13(2)5-6-15(11-13,12-16)17-8-7-14(3,4)18-10-9-17/h5-12,16H2,1-4H3. The molecule has 1 saturated heterocycles. The molecule has 2 nitrogen and oxygen atoms in total. The third kappa shape index (κ3) is 3.05. The Kier molecular flexibility index (Phi) is 4.07. The van der Waals surface area contributed by atoms with Gasteiger partial charge < -0.3 is 5.73 Å². The zero-order chi connectivity index (χ0) is 13.4. The summed E-state index contributed by atoms with van der Waals surface area (Å²) in [5.74, 6) is 1.26. The molecule has 1 heterocycles. The van der Waals surface area contributed by atoms with Gasteiger partial charge in [0, 0.05) is 35.7 Å². The van der Waals surface area contributed by atoms with Crippen molar-refractivity contribution in [2.45, 2.75) is 63.7 Å². The highest BCUT2D eigenvalue weighted by Crippen LogP contribution is 2.47. The second-order valence-corrected chi connectivity index (χ2v) is 9.42. The predicted molar refractivity (Wildman–Crippen MR) is 82.1 cm³/mol. The number of hydrogen-bond acceptors (Lipinski definition) is 3. The zero-order valence-corrected chi connectivity index (χ0v) is 13.4. The van der Waals surface area contributed by atoms with Gasteiger partial charge in [0.25, 0.3) is 0 Å². The van der Waals surface area contributed by atoms with Crippen LogP contribution >= 0.6 is 11.8 Å². The monoisotopic (exact) mass is 270 g/mol. The topological polar surface area (TPSA) is 29.3 Å². The Hall–Kier alpha value is 0.270. The molecule has 0 aromatic heterocycles. The van der Waals surface area contributed by atoms with E-state index < -0.39 is 0 Å². The fourth-order valence-corrected chi connectivity index (χ4v) is 4.81. The molecule has 0 aromatic rings. The molecular weight excluding hydrogens is 240 g/mol. The van der Waals surface area contributed by atoms with Crippen LogP contribution in [0.4, 0.5) is 0 Å². The first kappa shape index (κ1) is 14.7. The molecule has 1 saturated carbocycles. The van der Waals surface area contributed by atoms with Gasteiger partial charge in [-0.05, 0) is 31.1 Å². The molecule has 0 spiro atoms. The highest BCUT2D eigenvalue weighted by molar-refractivity contribution is 8.00. The molecule has 106 valence electrons. The van der Waals surface area contributed by atoms with Crippen molar-refractivity contribution < 1.29 is 0 Å². The molecule has 0 bridgehead atoms. The molecule has 1 aliphatic carbocycles. The van der Waals surface area contributed by atoms with Crippen molar-refractivity contribution in [1.29, 1.82) is 0 Å². The minimum atomic E-state index is 0.296. The Morgan fingerprint density at radius 2 is 1.78 bits per heavy atom. The lowest BCUT2D eigenvalue weighted by Crippen LogP contribution is -2.53. The molecule has 0 amide bonds. The maximum atomic E-state index is 6.19. The van der Waals surface area contributed by atoms with Crippen molar-refractivity contribution in [3.05, 3.63) is 0 Å². The van der Waals surface area contributed by atoms with Crippen LogP contribution < -0.4 is 5.73 Å². The quantitative estimate of drug-likeness (QED) is 0.836. The summed E-state index contributed by atoms with van der Waals surface area (Å²) >= 11 is 2.13. The van der Waals surface area contributed by atoms with E-state index in [2.05, 4.69) is 44.4 Å². The van der Waals surface area contributed by atoms with Gasteiger partial charge in [-0.3, -0.25) is 4.90 Å². The minimum Gasteiger partial charge on any atom is -0.329 e. The fourth-order valence-electron chi connectivity index (χ4n) is 3.71. The lowest BCUT2D eigenvalue weighted by molar-refractivity contribution is 0.0944. The molecule has 2 N–H and O–H groups in total. The highest BCUT2D eigenvalue weighted by atomic mass is 32.2. The smallest absolute Gasteiger partial charge is 0.0337 e. The largest absolute Gasteiger partial charge is 0.329 e. The molecular formula is C15H30N2S. The molecule has 1 unspecified atom stereocenters. The van der Waals surface area contributed by atoms with Gasteiger partial charge in [-0.15, -0.1) is 0 Å². The van der Waals surface area contributed by atoms with Crippen molar-refractivity contribution >= 4 is 11.8 Å². The summed E-state index contributed by atoms with van der Waals surface area (Å²) < 4.78 is 0.443. The van der Waals surface area contributed by atoms with E-state index in [1.165, 1.54) is 44.5 Å². The molecule has 2 fully saturated rings. The highest BCUT2D eigenvalue weighted by Gasteiger charge is 2.46. The van der Waals surface area contributed by atoms with E-state index in [1.54, 1.807) is 0 Å². The van der Waals surface area contributed by atoms with Crippen LogP contribution in [0.5, 0.6) is 0 Å². The summed E-state index contributed by atoms with van der Waals surface area (Å²) in [6, 6.07) is 0. The Bertz CT molecular complexity index is 301. The third-order valence-electron chi connectivity index (χ3n) is 4.96. The Labute approximate surface area is 117 Å². The summed E-state index contributed by atoms with van der Waals surface area (Å²) in [4.78, 5) is 2.73. The van der Waals surface area contributed by atoms with Crippen LogP contribution in [-0.2, 0) is 0 Å². The van der Waals surface area contributed by atoms with Gasteiger partial charge in [-0.25, -0.2) is 0 Å². The van der Waals surface area contributed by atoms with E-state index in [0.717, 1.165) is 6.54 Å². The molecule has 1 atom stereocenters.